The van der Waals surface area contributed by atoms with Crippen LogP contribution in [0.2, 0.25) is 0 Å². The summed E-state index contributed by atoms with van der Waals surface area (Å²) in [5.74, 6) is 6.54. The molecule has 1 heterocycles. The van der Waals surface area contributed by atoms with Gasteiger partial charge in [0.2, 0.25) is 5.76 Å². The van der Waals surface area contributed by atoms with Gasteiger partial charge in [0.15, 0.2) is 0 Å². The quantitative estimate of drug-likeness (QED) is 0.166. The smallest absolute Gasteiger partial charge is 0.316 e. The predicted octanol–water partition coefficient (Wildman–Crippen LogP) is 6.02. The second-order valence-electron chi connectivity index (χ2n) is 9.14. The third-order valence-corrected chi connectivity index (χ3v) is 6.64. The van der Waals surface area contributed by atoms with Crippen molar-refractivity contribution in [3.05, 3.63) is 94.9 Å². The summed E-state index contributed by atoms with van der Waals surface area (Å²) in [4.78, 5) is 22.0. The number of fused-ring (bicyclic) bond motifs is 1. The van der Waals surface area contributed by atoms with E-state index in [1.807, 2.05) is 70.3 Å². The largest absolute Gasteiger partial charge is 0.468 e. The summed E-state index contributed by atoms with van der Waals surface area (Å²) in [5, 5.41) is 9.15. The number of carbonyl (C=O) groups is 2. The molecule has 7 nitrogen and oxygen atoms in total. The van der Waals surface area contributed by atoms with Gasteiger partial charge in [-0.05, 0) is 79.1 Å². The number of allylic oxidation sites excluding steroid dienone is 3. The van der Waals surface area contributed by atoms with Crippen molar-refractivity contribution in [2.45, 2.75) is 39.0 Å². The molecule has 202 valence electrons. The molecule has 4 rings (SSSR count). The van der Waals surface area contributed by atoms with Crippen LogP contribution >= 0.6 is 0 Å². The fourth-order valence-corrected chi connectivity index (χ4v) is 4.18. The highest BCUT2D eigenvalue weighted by Crippen LogP contribution is 2.49. The van der Waals surface area contributed by atoms with Gasteiger partial charge in [-0.1, -0.05) is 60.1 Å². The van der Waals surface area contributed by atoms with E-state index in [-0.39, 0.29) is 5.97 Å². The Kier molecular flexibility index (Phi) is 9.88. The second kappa shape index (κ2) is 13.3. The van der Waals surface area contributed by atoms with Gasteiger partial charge < -0.3 is 19.3 Å². The SMILES string of the molecule is C=C/C(C)=C(\C=C/C)COC=O.CNc1c(C)noc1C#Cc1ccc2cc(C3(C(=O)OC)CC3)ccc2c1. The van der Waals surface area contributed by atoms with E-state index in [2.05, 4.69) is 39.7 Å². The molecule has 0 radical (unpaired) electrons. The lowest BCUT2D eigenvalue weighted by atomic mass is 9.93. The monoisotopic (exact) mass is 526 g/mol. The summed E-state index contributed by atoms with van der Waals surface area (Å²) >= 11 is 0. The average molecular weight is 527 g/mol. The number of hydrogen-bond donors (Lipinski definition) is 1. The van der Waals surface area contributed by atoms with Crippen LogP contribution in [0.4, 0.5) is 5.69 Å². The number of aromatic nitrogens is 1. The van der Waals surface area contributed by atoms with Gasteiger partial charge in [0.1, 0.15) is 18.0 Å². The molecular formula is C32H34N2O5. The van der Waals surface area contributed by atoms with Crippen molar-refractivity contribution in [1.29, 1.82) is 0 Å². The van der Waals surface area contributed by atoms with Gasteiger partial charge >= 0.3 is 5.97 Å². The van der Waals surface area contributed by atoms with Crippen LogP contribution in [0.25, 0.3) is 10.8 Å². The zero-order valence-corrected chi connectivity index (χ0v) is 23.1. The van der Waals surface area contributed by atoms with Crippen LogP contribution in [-0.4, -0.2) is 38.4 Å². The molecule has 0 amide bonds. The number of ether oxygens (including phenoxy) is 2. The topological polar surface area (TPSA) is 90.7 Å². The van der Waals surface area contributed by atoms with Crippen molar-refractivity contribution in [2.24, 2.45) is 0 Å². The summed E-state index contributed by atoms with van der Waals surface area (Å²) in [6.07, 6.45) is 7.23. The first kappa shape index (κ1) is 29.0. The molecule has 2 aromatic carbocycles. The van der Waals surface area contributed by atoms with Crippen LogP contribution in [-0.2, 0) is 24.5 Å². The van der Waals surface area contributed by atoms with E-state index in [0.29, 0.717) is 18.8 Å². The van der Waals surface area contributed by atoms with Crippen molar-refractivity contribution >= 4 is 28.9 Å². The Morgan fingerprint density at radius 2 is 1.92 bits per heavy atom. The highest BCUT2D eigenvalue weighted by molar-refractivity contribution is 5.90. The Morgan fingerprint density at radius 3 is 2.54 bits per heavy atom. The van der Waals surface area contributed by atoms with E-state index >= 15 is 0 Å². The number of carbonyl (C=O) groups excluding carboxylic acids is 2. The molecule has 39 heavy (non-hydrogen) atoms. The summed E-state index contributed by atoms with van der Waals surface area (Å²) in [5.41, 5.74) is 5.05. The fraction of sp³-hybridized carbons (Fsp3) is 0.281. The normalized spacial score (nSPS) is 13.8. The minimum atomic E-state index is -0.449. The number of nitrogens with zero attached hydrogens (tertiary/aromatic N) is 1. The molecule has 3 aromatic rings. The van der Waals surface area contributed by atoms with Crippen LogP contribution < -0.4 is 5.32 Å². The molecule has 1 N–H and O–H groups in total. The molecule has 0 saturated heterocycles. The molecule has 0 spiro atoms. The minimum Gasteiger partial charge on any atom is -0.468 e. The number of anilines is 1. The lowest BCUT2D eigenvalue weighted by Gasteiger charge is -2.13. The zero-order valence-electron chi connectivity index (χ0n) is 23.1. The molecule has 0 atom stereocenters. The highest BCUT2D eigenvalue weighted by atomic mass is 16.5. The van der Waals surface area contributed by atoms with E-state index in [9.17, 15) is 9.59 Å². The third-order valence-electron chi connectivity index (χ3n) is 6.64. The van der Waals surface area contributed by atoms with Crippen molar-refractivity contribution < 1.29 is 23.6 Å². The van der Waals surface area contributed by atoms with E-state index in [0.717, 1.165) is 57.3 Å². The average Bonchev–Trinajstić information content (AvgIpc) is 3.70. The first-order valence-electron chi connectivity index (χ1n) is 12.6. The van der Waals surface area contributed by atoms with Crippen molar-refractivity contribution in [1.82, 2.24) is 5.16 Å². The van der Waals surface area contributed by atoms with Gasteiger partial charge in [-0.25, -0.2) is 0 Å². The molecular weight excluding hydrogens is 492 g/mol. The highest BCUT2D eigenvalue weighted by Gasteiger charge is 2.52. The Balaban J connectivity index is 0.000000298. The fourth-order valence-electron chi connectivity index (χ4n) is 4.18. The van der Waals surface area contributed by atoms with Gasteiger partial charge in [0.25, 0.3) is 6.47 Å². The lowest BCUT2D eigenvalue weighted by molar-refractivity contribution is -0.143. The van der Waals surface area contributed by atoms with Crippen LogP contribution in [0.5, 0.6) is 0 Å². The van der Waals surface area contributed by atoms with Crippen LogP contribution in [0.1, 0.15) is 49.3 Å². The number of esters is 1. The molecule has 0 bridgehead atoms. The molecule has 1 saturated carbocycles. The molecule has 1 aliphatic carbocycles. The Labute approximate surface area is 229 Å². The second-order valence-corrected chi connectivity index (χ2v) is 9.14. The van der Waals surface area contributed by atoms with Gasteiger partial charge in [0.05, 0.1) is 12.5 Å². The maximum Gasteiger partial charge on any atom is 0.316 e. The van der Waals surface area contributed by atoms with Gasteiger partial charge in [-0.15, -0.1) is 0 Å². The van der Waals surface area contributed by atoms with E-state index in [1.54, 1.807) is 6.08 Å². The predicted molar refractivity (Wildman–Crippen MR) is 153 cm³/mol. The zero-order chi connectivity index (χ0) is 28.4. The molecule has 7 heteroatoms. The number of methoxy groups -OCH3 is 1. The Morgan fingerprint density at radius 1 is 1.21 bits per heavy atom. The standard InChI is InChI=1S/C22H20N2O3.C10H14O2/c1-14-20(23-2)19(27-24-14)9-5-15-4-6-17-13-18(8-7-16(17)12-15)22(10-11-22)21(25)26-3;1-4-6-10(7-12-8-11)9(3)5-2/h4,6-8,12-13,23H,10-11H2,1-3H3;4-6,8H,2,7H2,1,3H3/b;6-4-,10-9+. The molecule has 1 aliphatic rings. The first-order valence-corrected chi connectivity index (χ1v) is 12.6. The summed E-state index contributed by atoms with van der Waals surface area (Å²) in [6.45, 7) is 10.1. The summed E-state index contributed by atoms with van der Waals surface area (Å²) < 4.78 is 14.9. The first-order chi connectivity index (χ1) is 18.8. The van der Waals surface area contributed by atoms with E-state index in [1.165, 1.54) is 7.11 Å². The third kappa shape index (κ3) is 6.85. The molecule has 1 fully saturated rings. The number of rotatable bonds is 8. The van der Waals surface area contributed by atoms with Gasteiger partial charge in [0, 0.05) is 12.6 Å². The lowest BCUT2D eigenvalue weighted by Crippen LogP contribution is -2.21. The Hall–Kier alpha value is -4.57. The molecule has 0 unspecified atom stereocenters. The number of aryl methyl sites for hydroxylation is 1. The van der Waals surface area contributed by atoms with Crippen LogP contribution in [0.3, 0.4) is 0 Å². The van der Waals surface area contributed by atoms with Crippen molar-refractivity contribution in [3.8, 4) is 11.8 Å². The Bertz CT molecular complexity index is 1480. The van der Waals surface area contributed by atoms with E-state index in [4.69, 9.17) is 9.26 Å². The summed E-state index contributed by atoms with van der Waals surface area (Å²) in [6, 6.07) is 12.2. The van der Waals surface area contributed by atoms with Crippen molar-refractivity contribution in [3.63, 3.8) is 0 Å². The van der Waals surface area contributed by atoms with Crippen molar-refractivity contribution in [2.75, 3.05) is 26.1 Å². The van der Waals surface area contributed by atoms with Gasteiger partial charge in [-0.3, -0.25) is 9.59 Å². The summed E-state index contributed by atoms with van der Waals surface area (Å²) in [7, 11) is 3.27. The van der Waals surface area contributed by atoms with Gasteiger partial charge in [-0.2, -0.15) is 0 Å². The number of hydrogen-bond acceptors (Lipinski definition) is 7. The maximum atomic E-state index is 12.1. The number of nitrogens with one attached hydrogen (secondary N) is 1. The van der Waals surface area contributed by atoms with E-state index < -0.39 is 5.41 Å². The molecule has 0 aliphatic heterocycles. The molecule has 1 aromatic heterocycles. The minimum absolute atomic E-state index is 0.146. The van der Waals surface area contributed by atoms with Crippen LogP contribution in [0, 0.1) is 18.8 Å². The number of benzene rings is 2. The maximum absolute atomic E-state index is 12.1. The van der Waals surface area contributed by atoms with Crippen LogP contribution in [0.15, 0.2) is 76.9 Å².